The van der Waals surface area contributed by atoms with E-state index in [1.165, 1.54) is 29.2 Å². The summed E-state index contributed by atoms with van der Waals surface area (Å²) < 4.78 is 1.26. The van der Waals surface area contributed by atoms with E-state index in [1.54, 1.807) is 6.20 Å². The minimum atomic E-state index is -0.266. The minimum Gasteiger partial charge on any atom is -0.398 e. The highest BCUT2D eigenvalue weighted by Crippen LogP contribution is 1.96. The van der Waals surface area contributed by atoms with Crippen LogP contribution < -0.4 is 16.6 Å². The van der Waals surface area contributed by atoms with Gasteiger partial charge in [0, 0.05) is 24.1 Å². The first-order valence-electron chi connectivity index (χ1n) is 5.35. The maximum atomic E-state index is 11.6. The zero-order valence-electron chi connectivity index (χ0n) is 9.59. The van der Waals surface area contributed by atoms with Crippen molar-refractivity contribution in [3.05, 3.63) is 46.9 Å². The number of hydrogen-bond donors (Lipinski definition) is 3. The molecule has 0 aliphatic heterocycles. The van der Waals surface area contributed by atoms with Crippen LogP contribution in [0.2, 0.25) is 0 Å². The third kappa shape index (κ3) is 2.97. The first-order valence-corrected chi connectivity index (χ1v) is 5.35. The summed E-state index contributed by atoms with van der Waals surface area (Å²) in [4.78, 5) is 29.8. The molecule has 2 aromatic rings. The molecular formula is C11H13N5O2. The number of rotatable bonds is 4. The van der Waals surface area contributed by atoms with Gasteiger partial charge in [0.25, 0.3) is 5.56 Å². The average Bonchev–Trinajstić information content (AvgIpc) is 2.84. The van der Waals surface area contributed by atoms with Gasteiger partial charge in [-0.25, -0.2) is 4.98 Å². The van der Waals surface area contributed by atoms with Crippen molar-refractivity contribution in [3.63, 3.8) is 0 Å². The van der Waals surface area contributed by atoms with Gasteiger partial charge in [0.15, 0.2) is 0 Å². The topological polar surface area (TPSA) is 106 Å². The molecular weight excluding hydrogens is 234 g/mol. The lowest BCUT2D eigenvalue weighted by Gasteiger charge is -2.06. The number of nitrogens with one attached hydrogen (secondary N) is 2. The van der Waals surface area contributed by atoms with Crippen molar-refractivity contribution < 1.29 is 4.79 Å². The van der Waals surface area contributed by atoms with Gasteiger partial charge < -0.3 is 20.6 Å². The molecule has 4 N–H and O–H groups in total. The van der Waals surface area contributed by atoms with Crippen molar-refractivity contribution in [1.82, 2.24) is 19.9 Å². The molecule has 2 aromatic heterocycles. The lowest BCUT2D eigenvalue weighted by atomic mass is 10.4. The zero-order valence-corrected chi connectivity index (χ0v) is 9.59. The van der Waals surface area contributed by atoms with Crippen LogP contribution in [0.1, 0.15) is 5.69 Å². The lowest BCUT2D eigenvalue weighted by molar-refractivity contribution is -0.121. The van der Waals surface area contributed by atoms with Crippen LogP contribution in [0, 0.1) is 0 Å². The number of amides is 1. The van der Waals surface area contributed by atoms with Crippen LogP contribution >= 0.6 is 0 Å². The highest BCUT2D eigenvalue weighted by Gasteiger charge is 2.04. The number of aromatic amines is 1. The highest BCUT2D eigenvalue weighted by molar-refractivity contribution is 5.75. The van der Waals surface area contributed by atoms with E-state index in [0.717, 1.165) is 5.69 Å². The summed E-state index contributed by atoms with van der Waals surface area (Å²) in [6, 6.07) is 2.83. The second kappa shape index (κ2) is 5.17. The molecule has 0 saturated heterocycles. The van der Waals surface area contributed by atoms with Crippen LogP contribution in [0.3, 0.4) is 0 Å². The quantitative estimate of drug-likeness (QED) is 0.675. The standard InChI is InChI=1S/C11H13N5O2/c12-8-1-2-11(18)16(5-8)6-10(17)14-4-9-3-13-7-15-9/h1-3,5,7H,4,6,12H2,(H,13,15)(H,14,17). The van der Waals surface area contributed by atoms with E-state index in [2.05, 4.69) is 15.3 Å². The molecule has 0 aromatic carbocycles. The molecule has 0 bridgehead atoms. The number of carbonyl (C=O) groups is 1. The SMILES string of the molecule is Nc1ccc(=O)n(CC(=O)NCc2cnc[nH]2)c1. The van der Waals surface area contributed by atoms with Gasteiger partial charge in [0.1, 0.15) is 6.54 Å². The number of aromatic nitrogens is 3. The van der Waals surface area contributed by atoms with Crippen LogP contribution in [-0.2, 0) is 17.9 Å². The first kappa shape index (κ1) is 11.9. The van der Waals surface area contributed by atoms with Crippen LogP contribution in [0.25, 0.3) is 0 Å². The van der Waals surface area contributed by atoms with Gasteiger partial charge >= 0.3 is 0 Å². The fraction of sp³-hybridized carbons (Fsp3) is 0.182. The Balaban J connectivity index is 1.95. The second-order valence-corrected chi connectivity index (χ2v) is 3.78. The monoisotopic (exact) mass is 247 g/mol. The van der Waals surface area contributed by atoms with Gasteiger partial charge in [-0.1, -0.05) is 0 Å². The summed E-state index contributed by atoms with van der Waals surface area (Å²) in [5.74, 6) is -0.266. The molecule has 1 amide bonds. The van der Waals surface area contributed by atoms with Crippen LogP contribution in [0.15, 0.2) is 35.6 Å². The number of nitrogens with two attached hydrogens (primary N) is 1. The van der Waals surface area contributed by atoms with E-state index in [9.17, 15) is 9.59 Å². The van der Waals surface area contributed by atoms with E-state index in [1.807, 2.05) is 0 Å². The molecule has 0 radical (unpaired) electrons. The zero-order chi connectivity index (χ0) is 13.0. The Morgan fingerprint density at radius 1 is 1.50 bits per heavy atom. The van der Waals surface area contributed by atoms with Crippen LogP contribution in [-0.4, -0.2) is 20.4 Å². The molecule has 18 heavy (non-hydrogen) atoms. The predicted molar refractivity (Wildman–Crippen MR) is 65.5 cm³/mol. The third-order valence-corrected chi connectivity index (χ3v) is 2.35. The molecule has 0 atom stereocenters. The molecule has 2 rings (SSSR count). The van der Waals surface area contributed by atoms with E-state index >= 15 is 0 Å². The highest BCUT2D eigenvalue weighted by atomic mass is 16.2. The van der Waals surface area contributed by atoms with E-state index in [-0.39, 0.29) is 18.0 Å². The Morgan fingerprint density at radius 3 is 3.06 bits per heavy atom. The summed E-state index contributed by atoms with van der Waals surface area (Å²) >= 11 is 0. The largest absolute Gasteiger partial charge is 0.398 e. The first-order chi connectivity index (χ1) is 8.65. The number of anilines is 1. The van der Waals surface area contributed by atoms with E-state index in [0.29, 0.717) is 12.2 Å². The molecule has 0 unspecified atom stereocenters. The molecule has 7 nitrogen and oxygen atoms in total. The molecule has 0 aliphatic rings. The molecule has 0 spiro atoms. The average molecular weight is 247 g/mol. The Kier molecular flexibility index (Phi) is 3.42. The maximum absolute atomic E-state index is 11.6. The Bertz CT molecular complexity index is 588. The van der Waals surface area contributed by atoms with Crippen molar-refractivity contribution in [3.8, 4) is 0 Å². The van der Waals surface area contributed by atoms with E-state index < -0.39 is 0 Å². The molecule has 7 heteroatoms. The fourth-order valence-electron chi connectivity index (χ4n) is 1.46. The maximum Gasteiger partial charge on any atom is 0.251 e. The smallest absolute Gasteiger partial charge is 0.251 e. The number of hydrogen-bond acceptors (Lipinski definition) is 4. The Hall–Kier alpha value is -2.57. The van der Waals surface area contributed by atoms with Crippen molar-refractivity contribution >= 4 is 11.6 Å². The Labute approximate surface area is 103 Å². The van der Waals surface area contributed by atoms with Crippen LogP contribution in [0.5, 0.6) is 0 Å². The summed E-state index contributed by atoms with van der Waals surface area (Å²) in [5, 5.41) is 2.67. The predicted octanol–water partition coefficient (Wildman–Crippen LogP) is -0.530. The Morgan fingerprint density at radius 2 is 2.33 bits per heavy atom. The van der Waals surface area contributed by atoms with Crippen molar-refractivity contribution in [2.24, 2.45) is 0 Å². The molecule has 94 valence electrons. The fourth-order valence-corrected chi connectivity index (χ4v) is 1.46. The minimum absolute atomic E-state index is 0.0575. The van der Waals surface area contributed by atoms with Gasteiger partial charge in [0.2, 0.25) is 5.91 Å². The number of imidazole rings is 1. The van der Waals surface area contributed by atoms with Crippen molar-refractivity contribution in [2.75, 3.05) is 5.73 Å². The third-order valence-electron chi connectivity index (χ3n) is 2.35. The van der Waals surface area contributed by atoms with Crippen molar-refractivity contribution in [1.29, 1.82) is 0 Å². The van der Waals surface area contributed by atoms with Crippen molar-refractivity contribution in [2.45, 2.75) is 13.1 Å². The lowest BCUT2D eigenvalue weighted by Crippen LogP contribution is -2.31. The second-order valence-electron chi connectivity index (χ2n) is 3.78. The summed E-state index contributed by atoms with van der Waals surface area (Å²) in [6.07, 6.45) is 4.59. The molecule has 0 fully saturated rings. The molecule has 0 aliphatic carbocycles. The number of H-pyrrole nitrogens is 1. The van der Waals surface area contributed by atoms with Gasteiger partial charge in [-0.15, -0.1) is 0 Å². The summed E-state index contributed by atoms with van der Waals surface area (Å²) in [5.41, 5.74) is 6.52. The van der Waals surface area contributed by atoms with Gasteiger partial charge in [-0.05, 0) is 6.07 Å². The molecule has 2 heterocycles. The van der Waals surface area contributed by atoms with Gasteiger partial charge in [-0.2, -0.15) is 0 Å². The number of carbonyl (C=O) groups excluding carboxylic acids is 1. The summed E-state index contributed by atoms with van der Waals surface area (Å²) in [6.45, 7) is 0.286. The summed E-state index contributed by atoms with van der Waals surface area (Å²) in [7, 11) is 0. The van der Waals surface area contributed by atoms with Gasteiger partial charge in [-0.3, -0.25) is 9.59 Å². The number of nitrogen functional groups attached to an aromatic ring is 1. The van der Waals surface area contributed by atoms with E-state index in [4.69, 9.17) is 5.73 Å². The van der Waals surface area contributed by atoms with Crippen LogP contribution in [0.4, 0.5) is 5.69 Å². The van der Waals surface area contributed by atoms with Gasteiger partial charge in [0.05, 0.1) is 18.6 Å². The normalized spacial score (nSPS) is 10.2. The molecule has 0 saturated carbocycles. The number of pyridine rings is 1. The number of nitrogens with zero attached hydrogens (tertiary/aromatic N) is 2.